The van der Waals surface area contributed by atoms with Gasteiger partial charge in [-0.25, -0.2) is 0 Å². The van der Waals surface area contributed by atoms with E-state index in [1.165, 1.54) is 0 Å². The van der Waals surface area contributed by atoms with Gasteiger partial charge in [0.25, 0.3) is 0 Å². The lowest BCUT2D eigenvalue weighted by Crippen LogP contribution is -2.18. The van der Waals surface area contributed by atoms with E-state index in [1.807, 2.05) is 13.8 Å². The van der Waals surface area contributed by atoms with Gasteiger partial charge in [-0.2, -0.15) is 8.42 Å². The van der Waals surface area contributed by atoms with E-state index < -0.39 is 18.2 Å². The van der Waals surface area contributed by atoms with E-state index in [0.29, 0.717) is 11.5 Å². The third kappa shape index (κ3) is 4.19. The average molecular weight is 242 g/mol. The zero-order chi connectivity index (χ0) is 11.2. The van der Waals surface area contributed by atoms with Gasteiger partial charge in [0.1, 0.15) is 0 Å². The molecule has 0 aliphatic carbocycles. The summed E-state index contributed by atoms with van der Waals surface area (Å²) >= 11 is 0. The van der Waals surface area contributed by atoms with Crippen molar-refractivity contribution in [2.45, 2.75) is 39.5 Å². The van der Waals surface area contributed by atoms with Gasteiger partial charge >= 0.3 is 9.15 Å². The summed E-state index contributed by atoms with van der Waals surface area (Å²) in [6.45, 7) is 4.06. The van der Waals surface area contributed by atoms with Crippen LogP contribution in [0.4, 0.5) is 0 Å². The van der Waals surface area contributed by atoms with E-state index in [9.17, 15) is 13.0 Å². The van der Waals surface area contributed by atoms with E-state index in [2.05, 4.69) is 0 Å². The standard InChI is InChI=1S/C9H22O3S2/c1-4-6-8-13(3,9-7-5-2)14(10,11)12/h4-9H2,1-3H3,(H,10,11,12). The zero-order valence-corrected chi connectivity index (χ0v) is 11.0. The number of unbranched alkanes of at least 4 members (excludes halogenated alkanes) is 2. The third-order valence-electron chi connectivity index (χ3n) is 2.37. The third-order valence-corrected chi connectivity index (χ3v) is 9.74. The topological polar surface area (TPSA) is 54.4 Å². The average Bonchev–Trinajstić information content (AvgIpc) is 2.09. The first-order chi connectivity index (χ1) is 6.37. The van der Waals surface area contributed by atoms with Gasteiger partial charge in [-0.15, -0.1) is 9.06 Å². The first-order valence-electron chi connectivity index (χ1n) is 5.08. The van der Waals surface area contributed by atoms with Crippen molar-refractivity contribution in [3.8, 4) is 0 Å². The minimum absolute atomic E-state index is 0.641. The van der Waals surface area contributed by atoms with Gasteiger partial charge in [-0.1, -0.05) is 26.7 Å². The van der Waals surface area contributed by atoms with Crippen LogP contribution in [0, 0.1) is 0 Å². The highest BCUT2D eigenvalue weighted by Crippen LogP contribution is 2.51. The second-order valence-electron chi connectivity index (χ2n) is 3.73. The maximum absolute atomic E-state index is 11.3. The molecule has 0 radical (unpaired) electrons. The molecule has 14 heavy (non-hydrogen) atoms. The van der Waals surface area contributed by atoms with Crippen LogP contribution in [0.1, 0.15) is 39.5 Å². The molecule has 0 saturated carbocycles. The summed E-state index contributed by atoms with van der Waals surface area (Å²) in [5, 5.41) is 0. The minimum atomic E-state index is -3.83. The molecule has 88 valence electrons. The van der Waals surface area contributed by atoms with Crippen molar-refractivity contribution in [3.63, 3.8) is 0 Å². The summed E-state index contributed by atoms with van der Waals surface area (Å²) in [7, 11) is -5.68. The number of hydrogen-bond acceptors (Lipinski definition) is 2. The van der Waals surface area contributed by atoms with Gasteiger partial charge in [0.05, 0.1) is 0 Å². The predicted octanol–water partition coefficient (Wildman–Crippen LogP) is 2.82. The fraction of sp³-hybridized carbons (Fsp3) is 1.00. The molecule has 3 nitrogen and oxygen atoms in total. The molecule has 0 bridgehead atoms. The smallest absolute Gasteiger partial charge is 0.278 e. The van der Waals surface area contributed by atoms with E-state index >= 15 is 0 Å². The molecule has 0 atom stereocenters. The van der Waals surface area contributed by atoms with E-state index in [4.69, 9.17) is 0 Å². The normalized spacial score (nSPS) is 14.3. The molecule has 0 heterocycles. The van der Waals surface area contributed by atoms with Crippen LogP contribution in [-0.2, 0) is 9.15 Å². The van der Waals surface area contributed by atoms with Crippen LogP contribution in [0.3, 0.4) is 0 Å². The Labute approximate surface area is 88.7 Å². The fourth-order valence-corrected chi connectivity index (χ4v) is 5.61. The summed E-state index contributed by atoms with van der Waals surface area (Å²) in [5.41, 5.74) is 0. The van der Waals surface area contributed by atoms with Gasteiger partial charge in [-0.3, -0.25) is 4.55 Å². The number of rotatable bonds is 7. The SMILES string of the molecule is CCCCS(C)(CCCC)S(=O)(=O)O. The number of hydrogen-bond donors (Lipinski definition) is 1. The first kappa shape index (κ1) is 14.3. The Balaban J connectivity index is 4.50. The van der Waals surface area contributed by atoms with Gasteiger partial charge in [0.15, 0.2) is 0 Å². The Bertz CT molecular complexity index is 239. The molecule has 0 aromatic carbocycles. The first-order valence-corrected chi connectivity index (χ1v) is 9.42. The quantitative estimate of drug-likeness (QED) is 0.551. The van der Waals surface area contributed by atoms with Crippen molar-refractivity contribution in [1.82, 2.24) is 0 Å². The van der Waals surface area contributed by atoms with Crippen LogP contribution >= 0.6 is 9.06 Å². The van der Waals surface area contributed by atoms with Gasteiger partial charge in [-0.05, 0) is 30.6 Å². The van der Waals surface area contributed by atoms with Crippen molar-refractivity contribution in [2.24, 2.45) is 0 Å². The molecule has 0 aromatic rings. The van der Waals surface area contributed by atoms with Crippen molar-refractivity contribution in [2.75, 3.05) is 17.8 Å². The molecule has 5 heteroatoms. The molecule has 0 aliphatic heterocycles. The highest BCUT2D eigenvalue weighted by Gasteiger charge is 2.30. The van der Waals surface area contributed by atoms with Crippen molar-refractivity contribution < 1.29 is 13.0 Å². The predicted molar refractivity (Wildman–Crippen MR) is 64.6 cm³/mol. The van der Waals surface area contributed by atoms with Crippen molar-refractivity contribution in [1.29, 1.82) is 0 Å². The summed E-state index contributed by atoms with van der Waals surface area (Å²) in [5.74, 6) is 1.28. The lowest BCUT2D eigenvalue weighted by Gasteiger charge is -2.31. The molecular weight excluding hydrogens is 220 g/mol. The Morgan fingerprint density at radius 2 is 1.36 bits per heavy atom. The molecule has 0 aliphatic rings. The fourth-order valence-electron chi connectivity index (χ4n) is 1.21. The second-order valence-corrected chi connectivity index (χ2v) is 11.4. The Hall–Kier alpha value is 0.260. The minimum Gasteiger partial charge on any atom is -0.278 e. The molecule has 0 aromatic heterocycles. The van der Waals surface area contributed by atoms with Gasteiger partial charge in [0.2, 0.25) is 0 Å². The largest absolute Gasteiger partial charge is 0.302 e. The Kier molecular flexibility index (Phi) is 6.09. The molecule has 0 unspecified atom stereocenters. The maximum Gasteiger partial charge on any atom is 0.302 e. The monoisotopic (exact) mass is 242 g/mol. The molecule has 1 N–H and O–H groups in total. The maximum atomic E-state index is 11.3. The van der Waals surface area contributed by atoms with Gasteiger partial charge < -0.3 is 0 Å². The van der Waals surface area contributed by atoms with Crippen LogP contribution in [0.5, 0.6) is 0 Å². The summed E-state index contributed by atoms with van der Waals surface area (Å²) in [6, 6.07) is 0. The highest BCUT2D eigenvalue weighted by atomic mass is 33.2. The molecule has 0 saturated heterocycles. The van der Waals surface area contributed by atoms with Crippen LogP contribution in [0.2, 0.25) is 0 Å². The zero-order valence-electron chi connectivity index (χ0n) is 9.32. The van der Waals surface area contributed by atoms with E-state index in [-0.39, 0.29) is 0 Å². The second kappa shape index (κ2) is 5.98. The van der Waals surface area contributed by atoms with E-state index in [1.54, 1.807) is 6.26 Å². The van der Waals surface area contributed by atoms with Crippen LogP contribution in [0.15, 0.2) is 0 Å². The van der Waals surface area contributed by atoms with Crippen LogP contribution < -0.4 is 0 Å². The lowest BCUT2D eigenvalue weighted by atomic mass is 10.4. The summed E-state index contributed by atoms with van der Waals surface area (Å²) < 4.78 is 31.7. The molecular formula is C9H22O3S2. The lowest BCUT2D eigenvalue weighted by molar-refractivity contribution is 0.501. The molecule has 0 amide bonds. The summed E-state index contributed by atoms with van der Waals surface area (Å²) in [6.07, 6.45) is 5.45. The highest BCUT2D eigenvalue weighted by molar-refractivity contribution is 8.88. The summed E-state index contributed by atoms with van der Waals surface area (Å²) in [4.78, 5) is 0. The van der Waals surface area contributed by atoms with Crippen LogP contribution in [-0.4, -0.2) is 30.7 Å². The Morgan fingerprint density at radius 1 is 1.00 bits per heavy atom. The van der Waals surface area contributed by atoms with E-state index in [0.717, 1.165) is 25.7 Å². The van der Waals surface area contributed by atoms with Crippen molar-refractivity contribution >= 4 is 18.2 Å². The molecule has 0 rings (SSSR count). The van der Waals surface area contributed by atoms with Crippen LogP contribution in [0.25, 0.3) is 0 Å². The Morgan fingerprint density at radius 3 is 1.57 bits per heavy atom. The molecule has 0 spiro atoms. The molecule has 0 fully saturated rings. The van der Waals surface area contributed by atoms with Crippen molar-refractivity contribution in [3.05, 3.63) is 0 Å². The van der Waals surface area contributed by atoms with Gasteiger partial charge in [0, 0.05) is 0 Å².